The van der Waals surface area contributed by atoms with Gasteiger partial charge in [0.2, 0.25) is 17.7 Å². The van der Waals surface area contributed by atoms with Crippen LogP contribution in [0.5, 0.6) is 5.75 Å². The van der Waals surface area contributed by atoms with Gasteiger partial charge in [0.15, 0.2) is 0 Å². The summed E-state index contributed by atoms with van der Waals surface area (Å²) >= 11 is 0. The molecular weight excluding hydrogens is 548 g/mol. The first kappa shape index (κ1) is 29.7. The number of aromatic nitrogens is 2. The van der Waals surface area contributed by atoms with Crippen molar-refractivity contribution >= 4 is 23.6 Å². The van der Waals surface area contributed by atoms with Crippen LogP contribution in [0.1, 0.15) is 47.3 Å². The third-order valence-electron chi connectivity index (χ3n) is 7.86. The average Bonchev–Trinajstić information content (AvgIpc) is 3.81. The number of para-hydroxylation sites is 1. The number of carbonyl (C=O) groups is 4. The molecule has 3 aromatic rings. The number of amides is 4. The van der Waals surface area contributed by atoms with E-state index < -0.39 is 23.4 Å². The van der Waals surface area contributed by atoms with Gasteiger partial charge in [-0.15, -0.1) is 0 Å². The second-order valence-corrected chi connectivity index (χ2v) is 11.0. The van der Waals surface area contributed by atoms with E-state index in [4.69, 9.17) is 4.74 Å². The van der Waals surface area contributed by atoms with Gasteiger partial charge in [-0.1, -0.05) is 42.5 Å². The van der Waals surface area contributed by atoms with Gasteiger partial charge in [-0.25, -0.2) is 0 Å². The number of nitrogens with zero attached hydrogens (tertiary/aromatic N) is 3. The quantitative estimate of drug-likeness (QED) is 0.401. The second-order valence-electron chi connectivity index (χ2n) is 11.0. The molecule has 224 valence electrons. The first-order chi connectivity index (χ1) is 20.8. The van der Waals surface area contributed by atoms with Crippen LogP contribution in [-0.2, 0) is 27.2 Å². The van der Waals surface area contributed by atoms with Gasteiger partial charge in [0.1, 0.15) is 23.9 Å². The van der Waals surface area contributed by atoms with E-state index in [0.717, 1.165) is 5.56 Å². The lowest BCUT2D eigenvalue weighted by Crippen LogP contribution is -2.54. The molecule has 4 amide bonds. The van der Waals surface area contributed by atoms with Crippen molar-refractivity contribution in [2.45, 2.75) is 56.1 Å². The smallest absolute Gasteiger partial charge is 0.255 e. The molecule has 1 aliphatic heterocycles. The molecule has 0 radical (unpaired) electrons. The summed E-state index contributed by atoms with van der Waals surface area (Å²) in [5.41, 5.74) is 1.03. The van der Waals surface area contributed by atoms with E-state index in [-0.39, 0.29) is 49.4 Å². The second kappa shape index (κ2) is 13.5. The monoisotopic (exact) mass is 584 g/mol. The van der Waals surface area contributed by atoms with Crippen molar-refractivity contribution in [3.63, 3.8) is 0 Å². The number of carbonyl (C=O) groups excluding carboxylic acids is 4. The van der Waals surface area contributed by atoms with Crippen LogP contribution in [0.4, 0.5) is 0 Å². The summed E-state index contributed by atoms with van der Waals surface area (Å²) in [5.74, 6) is -1.11. The fourth-order valence-corrected chi connectivity index (χ4v) is 5.19. The van der Waals surface area contributed by atoms with E-state index in [2.05, 4.69) is 25.9 Å². The molecule has 5 rings (SSSR count). The van der Waals surface area contributed by atoms with E-state index >= 15 is 0 Å². The third-order valence-corrected chi connectivity index (χ3v) is 7.86. The van der Waals surface area contributed by atoms with Gasteiger partial charge in [-0.2, -0.15) is 0 Å². The van der Waals surface area contributed by atoms with Crippen LogP contribution >= 0.6 is 0 Å². The zero-order valence-electron chi connectivity index (χ0n) is 24.1. The van der Waals surface area contributed by atoms with Gasteiger partial charge < -0.3 is 25.6 Å². The maximum atomic E-state index is 13.7. The van der Waals surface area contributed by atoms with Gasteiger partial charge in [0, 0.05) is 45.0 Å². The molecule has 43 heavy (non-hydrogen) atoms. The number of hydrogen-bond donors (Lipinski definition) is 3. The highest BCUT2D eigenvalue weighted by molar-refractivity contribution is 6.00. The maximum Gasteiger partial charge on any atom is 0.255 e. The summed E-state index contributed by atoms with van der Waals surface area (Å²) in [4.78, 5) is 63.4. The Morgan fingerprint density at radius 2 is 1.84 bits per heavy atom. The Morgan fingerprint density at radius 3 is 2.58 bits per heavy atom. The molecule has 0 unspecified atom stereocenters. The van der Waals surface area contributed by atoms with E-state index in [1.54, 1.807) is 54.8 Å². The van der Waals surface area contributed by atoms with Crippen molar-refractivity contribution in [3.05, 3.63) is 90.0 Å². The Hall–Kier alpha value is -4.80. The van der Waals surface area contributed by atoms with Gasteiger partial charge in [0.25, 0.3) is 5.91 Å². The molecule has 0 bridgehead atoms. The topological polar surface area (TPSA) is 143 Å². The Bertz CT molecular complexity index is 1450. The van der Waals surface area contributed by atoms with E-state index in [1.165, 1.54) is 0 Å². The van der Waals surface area contributed by atoms with Crippen LogP contribution in [0.15, 0.2) is 73.2 Å². The SMILES string of the molecule is CN1C(=O)C2(CC2)NC(=O)CC[C@@H](C(=O)NCCc2cnccn2)NC(=O)c2ccccc2OC[C@@H]1Cc1ccccc1. The molecule has 2 aliphatic rings. The normalized spacial score (nSPS) is 20.5. The molecule has 11 heteroatoms. The zero-order chi connectivity index (χ0) is 30.2. The minimum atomic E-state index is -0.988. The largest absolute Gasteiger partial charge is 0.491 e. The standard InChI is InChI=1S/C32H36N6O5/c1-38-24(19-22-7-3-2-4-8-22)21-43-27-10-6-5-9-25(27)29(40)36-26(11-12-28(39)37-32(14-15-32)31(38)42)30(41)35-16-13-23-20-33-17-18-34-23/h2-10,17-18,20,24,26H,11-16,19,21H2,1H3,(H,35,41)(H,36,40)(H,37,39)/t24-,26-/m0/s1. The molecular formula is C32H36N6O5. The summed E-state index contributed by atoms with van der Waals surface area (Å²) < 4.78 is 6.20. The lowest BCUT2D eigenvalue weighted by molar-refractivity contribution is -0.139. The van der Waals surface area contributed by atoms with Gasteiger partial charge in [-0.3, -0.25) is 29.1 Å². The van der Waals surface area contributed by atoms with Crippen molar-refractivity contribution in [1.29, 1.82) is 0 Å². The van der Waals surface area contributed by atoms with Crippen LogP contribution in [0, 0.1) is 0 Å². The lowest BCUT2D eigenvalue weighted by Gasteiger charge is -2.32. The van der Waals surface area contributed by atoms with Gasteiger partial charge in [0.05, 0.1) is 17.3 Å². The highest BCUT2D eigenvalue weighted by Gasteiger charge is 2.53. The molecule has 1 spiro atoms. The van der Waals surface area contributed by atoms with Crippen molar-refractivity contribution < 1.29 is 23.9 Å². The summed E-state index contributed by atoms with van der Waals surface area (Å²) in [6.45, 7) is 0.403. The molecule has 2 atom stereocenters. The van der Waals surface area contributed by atoms with E-state index in [9.17, 15) is 19.2 Å². The van der Waals surface area contributed by atoms with Crippen LogP contribution in [0.2, 0.25) is 0 Å². The third kappa shape index (κ3) is 7.54. The molecule has 0 saturated heterocycles. The van der Waals surface area contributed by atoms with Crippen molar-refractivity contribution in [1.82, 2.24) is 30.8 Å². The van der Waals surface area contributed by atoms with Gasteiger partial charge >= 0.3 is 0 Å². The van der Waals surface area contributed by atoms with Crippen molar-refractivity contribution in [2.75, 3.05) is 20.2 Å². The average molecular weight is 585 g/mol. The van der Waals surface area contributed by atoms with Gasteiger partial charge in [-0.05, 0) is 43.4 Å². The van der Waals surface area contributed by atoms with Crippen LogP contribution in [-0.4, -0.2) is 76.3 Å². The molecule has 11 nitrogen and oxygen atoms in total. The number of hydrogen-bond acceptors (Lipinski definition) is 7. The van der Waals surface area contributed by atoms with Crippen molar-refractivity contribution in [3.8, 4) is 5.75 Å². The summed E-state index contributed by atoms with van der Waals surface area (Å²) in [6.07, 6.45) is 6.82. The Morgan fingerprint density at radius 1 is 1.07 bits per heavy atom. The number of nitrogens with one attached hydrogen (secondary N) is 3. The highest BCUT2D eigenvalue weighted by atomic mass is 16.5. The summed E-state index contributed by atoms with van der Waals surface area (Å²) in [6, 6.07) is 15.2. The van der Waals surface area contributed by atoms with Crippen molar-refractivity contribution in [2.24, 2.45) is 0 Å². The number of ether oxygens (including phenoxy) is 1. The molecule has 1 aromatic heterocycles. The minimum absolute atomic E-state index is 0.0487. The summed E-state index contributed by atoms with van der Waals surface area (Å²) in [5, 5.41) is 8.55. The first-order valence-corrected chi connectivity index (χ1v) is 14.5. The number of benzene rings is 2. The predicted molar refractivity (Wildman–Crippen MR) is 158 cm³/mol. The number of likely N-dealkylation sites (N-methyl/N-ethyl adjacent to an activating group) is 1. The Balaban J connectivity index is 1.38. The molecule has 1 saturated carbocycles. The minimum Gasteiger partial charge on any atom is -0.491 e. The predicted octanol–water partition coefficient (Wildman–Crippen LogP) is 1.83. The fraction of sp³-hybridized carbons (Fsp3) is 0.375. The molecule has 2 aromatic carbocycles. The number of rotatable bonds is 6. The molecule has 2 heterocycles. The molecule has 1 aliphatic carbocycles. The Kier molecular flexibility index (Phi) is 9.29. The molecule has 3 N–H and O–H groups in total. The lowest BCUT2D eigenvalue weighted by atomic mass is 10.0. The number of fused-ring (bicyclic) bond motifs is 1. The first-order valence-electron chi connectivity index (χ1n) is 14.5. The Labute approximate surface area is 250 Å². The van der Waals surface area contributed by atoms with E-state index in [1.807, 2.05) is 30.3 Å². The zero-order valence-corrected chi connectivity index (χ0v) is 24.1. The molecule has 1 fully saturated rings. The van der Waals surface area contributed by atoms with Crippen LogP contribution < -0.4 is 20.7 Å². The highest BCUT2D eigenvalue weighted by Crippen LogP contribution is 2.38. The van der Waals surface area contributed by atoms with Crippen LogP contribution in [0.25, 0.3) is 0 Å². The fourth-order valence-electron chi connectivity index (χ4n) is 5.19. The van der Waals surface area contributed by atoms with E-state index in [0.29, 0.717) is 37.1 Å². The van der Waals surface area contributed by atoms with Crippen LogP contribution in [0.3, 0.4) is 0 Å². The maximum absolute atomic E-state index is 13.7. The summed E-state index contributed by atoms with van der Waals surface area (Å²) in [7, 11) is 1.73.